The van der Waals surface area contributed by atoms with Crippen molar-refractivity contribution in [1.29, 1.82) is 0 Å². The predicted octanol–water partition coefficient (Wildman–Crippen LogP) is 4.94. The molecule has 1 fully saturated rings. The first-order chi connectivity index (χ1) is 9.69. The number of aromatic nitrogens is 2. The maximum absolute atomic E-state index is 6.27. The first-order valence-corrected chi connectivity index (χ1v) is 7.70. The van der Waals surface area contributed by atoms with Crippen LogP contribution in [0.1, 0.15) is 49.1 Å². The van der Waals surface area contributed by atoms with Gasteiger partial charge in [-0.1, -0.05) is 49.2 Å². The molecule has 2 nitrogen and oxygen atoms in total. The fraction of sp³-hybridized carbons (Fsp3) is 0.412. The van der Waals surface area contributed by atoms with Gasteiger partial charge >= 0.3 is 0 Å². The minimum Gasteiger partial charge on any atom is -0.232 e. The van der Waals surface area contributed by atoms with Crippen molar-refractivity contribution in [2.75, 3.05) is 0 Å². The van der Waals surface area contributed by atoms with Gasteiger partial charge in [0.2, 0.25) is 0 Å². The lowest BCUT2D eigenvalue weighted by Crippen LogP contribution is -1.99. The molecule has 0 N–H and O–H groups in total. The van der Waals surface area contributed by atoms with Crippen molar-refractivity contribution in [2.24, 2.45) is 0 Å². The van der Waals surface area contributed by atoms with Gasteiger partial charge in [-0.15, -0.1) is 0 Å². The van der Waals surface area contributed by atoms with E-state index in [2.05, 4.69) is 36.2 Å². The average Bonchev–Trinajstić information content (AvgIpc) is 3.28. The molecule has 2 aromatic rings. The van der Waals surface area contributed by atoms with E-state index in [1.807, 2.05) is 6.92 Å². The van der Waals surface area contributed by atoms with Crippen molar-refractivity contribution < 1.29 is 0 Å². The van der Waals surface area contributed by atoms with Crippen molar-refractivity contribution >= 4 is 11.6 Å². The van der Waals surface area contributed by atoms with E-state index >= 15 is 0 Å². The zero-order valence-corrected chi connectivity index (χ0v) is 12.7. The Labute approximate surface area is 125 Å². The van der Waals surface area contributed by atoms with Crippen LogP contribution in [0, 0.1) is 6.92 Å². The summed E-state index contributed by atoms with van der Waals surface area (Å²) < 4.78 is 0. The Morgan fingerprint density at radius 1 is 1.15 bits per heavy atom. The lowest BCUT2D eigenvalue weighted by Gasteiger charge is -2.10. The van der Waals surface area contributed by atoms with Gasteiger partial charge in [0.25, 0.3) is 0 Å². The fourth-order valence-corrected chi connectivity index (χ4v) is 2.60. The maximum Gasteiger partial charge on any atom is 0.136 e. The van der Waals surface area contributed by atoms with Crippen molar-refractivity contribution in [3.63, 3.8) is 0 Å². The van der Waals surface area contributed by atoms with E-state index in [0.717, 1.165) is 29.1 Å². The molecule has 0 saturated heterocycles. The lowest BCUT2D eigenvalue weighted by atomic mass is 10.0. The van der Waals surface area contributed by atoms with E-state index in [4.69, 9.17) is 16.6 Å². The number of hydrogen-bond acceptors (Lipinski definition) is 2. The summed E-state index contributed by atoms with van der Waals surface area (Å²) in [5.41, 5.74) is 4.46. The van der Waals surface area contributed by atoms with E-state index < -0.39 is 0 Å². The SMILES string of the molecule is CCCc1ccc(-c2nc(C3CC3)nc(Cl)c2C)cc1. The molecule has 0 aliphatic heterocycles. The van der Waals surface area contributed by atoms with Gasteiger partial charge in [0, 0.05) is 17.0 Å². The van der Waals surface area contributed by atoms with Crippen molar-refractivity contribution in [1.82, 2.24) is 9.97 Å². The number of benzene rings is 1. The van der Waals surface area contributed by atoms with Crippen LogP contribution in [0.3, 0.4) is 0 Å². The number of rotatable bonds is 4. The maximum atomic E-state index is 6.27. The smallest absolute Gasteiger partial charge is 0.136 e. The predicted molar refractivity (Wildman–Crippen MR) is 83.2 cm³/mol. The van der Waals surface area contributed by atoms with Gasteiger partial charge < -0.3 is 0 Å². The summed E-state index contributed by atoms with van der Waals surface area (Å²) in [7, 11) is 0. The Bertz CT molecular complexity index is 616. The van der Waals surface area contributed by atoms with Gasteiger partial charge in [-0.3, -0.25) is 0 Å². The zero-order chi connectivity index (χ0) is 14.1. The Hall–Kier alpha value is -1.41. The lowest BCUT2D eigenvalue weighted by molar-refractivity contribution is 0.917. The van der Waals surface area contributed by atoms with Gasteiger partial charge in [0.05, 0.1) is 5.69 Å². The van der Waals surface area contributed by atoms with Crippen LogP contribution in [0.4, 0.5) is 0 Å². The summed E-state index contributed by atoms with van der Waals surface area (Å²) in [6.07, 6.45) is 4.67. The second-order valence-corrected chi connectivity index (χ2v) is 5.93. The van der Waals surface area contributed by atoms with Crippen LogP contribution in [0.2, 0.25) is 5.15 Å². The van der Waals surface area contributed by atoms with Gasteiger partial charge in [0.15, 0.2) is 0 Å². The summed E-state index contributed by atoms with van der Waals surface area (Å²) in [5.74, 6) is 1.43. The average molecular weight is 287 g/mol. The first-order valence-electron chi connectivity index (χ1n) is 7.32. The number of nitrogens with zero attached hydrogens (tertiary/aromatic N) is 2. The van der Waals surface area contributed by atoms with Crippen LogP contribution in [-0.2, 0) is 6.42 Å². The molecule has 0 radical (unpaired) electrons. The summed E-state index contributed by atoms with van der Waals surface area (Å²) in [4.78, 5) is 9.17. The van der Waals surface area contributed by atoms with E-state index in [0.29, 0.717) is 11.1 Å². The number of aryl methyl sites for hydroxylation is 1. The third-order valence-electron chi connectivity index (χ3n) is 3.81. The molecule has 1 aromatic carbocycles. The largest absolute Gasteiger partial charge is 0.232 e. The summed E-state index contributed by atoms with van der Waals surface area (Å²) in [5, 5.41) is 0.592. The van der Waals surface area contributed by atoms with Gasteiger partial charge in [-0.2, -0.15) is 0 Å². The summed E-state index contributed by atoms with van der Waals surface area (Å²) in [6.45, 7) is 4.19. The zero-order valence-electron chi connectivity index (χ0n) is 12.0. The van der Waals surface area contributed by atoms with Crippen LogP contribution < -0.4 is 0 Å². The van der Waals surface area contributed by atoms with Gasteiger partial charge in [-0.05, 0) is 31.7 Å². The first kappa shape index (κ1) is 13.6. The Balaban J connectivity index is 1.99. The molecule has 1 aliphatic rings. The minimum absolute atomic E-state index is 0.520. The quantitative estimate of drug-likeness (QED) is 0.744. The highest BCUT2D eigenvalue weighted by molar-refractivity contribution is 6.30. The van der Waals surface area contributed by atoms with Crippen LogP contribution in [0.5, 0.6) is 0 Å². The number of hydrogen-bond donors (Lipinski definition) is 0. The standard InChI is InChI=1S/C17H19ClN2/c1-3-4-12-5-7-13(8-6-12)15-11(2)16(18)20-17(19-15)14-9-10-14/h5-8,14H,3-4,9-10H2,1-2H3. The molecule has 0 amide bonds. The van der Waals surface area contributed by atoms with E-state index in [1.165, 1.54) is 24.8 Å². The van der Waals surface area contributed by atoms with Crippen LogP contribution in [0.25, 0.3) is 11.3 Å². The Morgan fingerprint density at radius 3 is 2.45 bits per heavy atom. The van der Waals surface area contributed by atoms with Crippen molar-refractivity contribution in [3.8, 4) is 11.3 Å². The van der Waals surface area contributed by atoms with Crippen LogP contribution >= 0.6 is 11.6 Å². The molecule has 104 valence electrons. The topological polar surface area (TPSA) is 25.8 Å². The second kappa shape index (κ2) is 5.53. The molecule has 0 atom stereocenters. The second-order valence-electron chi connectivity index (χ2n) is 5.57. The highest BCUT2D eigenvalue weighted by Gasteiger charge is 2.28. The third kappa shape index (κ3) is 2.71. The molecular formula is C17H19ClN2. The molecule has 1 saturated carbocycles. The highest BCUT2D eigenvalue weighted by Crippen LogP contribution is 2.40. The Kier molecular flexibility index (Phi) is 3.75. The van der Waals surface area contributed by atoms with E-state index in [-0.39, 0.29) is 0 Å². The molecule has 1 aromatic heterocycles. The van der Waals surface area contributed by atoms with Gasteiger partial charge in [0.1, 0.15) is 11.0 Å². The molecular weight excluding hydrogens is 268 g/mol. The molecule has 0 spiro atoms. The highest BCUT2D eigenvalue weighted by atomic mass is 35.5. The fourth-order valence-electron chi connectivity index (χ4n) is 2.43. The minimum atomic E-state index is 0.520. The summed E-state index contributed by atoms with van der Waals surface area (Å²) in [6, 6.07) is 8.66. The molecule has 3 rings (SSSR count). The molecule has 3 heteroatoms. The van der Waals surface area contributed by atoms with Crippen molar-refractivity contribution in [2.45, 2.75) is 45.4 Å². The van der Waals surface area contributed by atoms with Crippen LogP contribution in [-0.4, -0.2) is 9.97 Å². The molecule has 1 aliphatic carbocycles. The van der Waals surface area contributed by atoms with Crippen molar-refractivity contribution in [3.05, 3.63) is 46.4 Å². The van der Waals surface area contributed by atoms with E-state index in [9.17, 15) is 0 Å². The Morgan fingerprint density at radius 2 is 1.85 bits per heavy atom. The van der Waals surface area contributed by atoms with Gasteiger partial charge in [-0.25, -0.2) is 9.97 Å². The molecule has 1 heterocycles. The summed E-state index contributed by atoms with van der Waals surface area (Å²) >= 11 is 6.27. The molecule has 0 unspecified atom stereocenters. The van der Waals surface area contributed by atoms with Crippen LogP contribution in [0.15, 0.2) is 24.3 Å². The third-order valence-corrected chi connectivity index (χ3v) is 4.18. The normalized spacial score (nSPS) is 14.6. The monoisotopic (exact) mass is 286 g/mol. The molecule has 0 bridgehead atoms. The number of halogens is 1. The van der Waals surface area contributed by atoms with E-state index in [1.54, 1.807) is 0 Å². The molecule has 20 heavy (non-hydrogen) atoms.